The minimum absolute atomic E-state index is 0.0226. The van der Waals surface area contributed by atoms with Crippen LogP contribution in [0.2, 0.25) is 0 Å². The molecule has 4 heteroatoms. The maximum absolute atomic E-state index is 10.7. The Labute approximate surface area is 95.4 Å². The van der Waals surface area contributed by atoms with Crippen LogP contribution >= 0.6 is 0 Å². The molecule has 1 heterocycles. The van der Waals surface area contributed by atoms with E-state index in [4.69, 9.17) is 4.42 Å². The highest BCUT2D eigenvalue weighted by Crippen LogP contribution is 2.29. The maximum atomic E-state index is 10.7. The van der Waals surface area contributed by atoms with Gasteiger partial charge in [-0.25, -0.2) is 0 Å². The predicted molar refractivity (Wildman–Crippen MR) is 61.1 cm³/mol. The first-order chi connectivity index (χ1) is 7.77. The molecule has 2 N–H and O–H groups in total. The Bertz CT molecular complexity index is 360. The van der Waals surface area contributed by atoms with Crippen LogP contribution in [-0.2, 0) is 11.2 Å². The number of carbonyl (C=O) groups is 1. The fourth-order valence-electron chi connectivity index (χ4n) is 2.18. The Morgan fingerprint density at radius 1 is 1.56 bits per heavy atom. The first kappa shape index (κ1) is 11.2. The Morgan fingerprint density at radius 2 is 2.44 bits per heavy atom. The first-order valence-corrected chi connectivity index (χ1v) is 5.81. The van der Waals surface area contributed by atoms with Gasteiger partial charge in [-0.2, -0.15) is 0 Å². The number of fused-ring (bicyclic) bond motifs is 1. The molecule has 0 fully saturated rings. The molecule has 1 aliphatic rings. The molecule has 0 saturated carbocycles. The summed E-state index contributed by atoms with van der Waals surface area (Å²) in [5.41, 5.74) is 1.29. The molecule has 1 aromatic heterocycles. The summed E-state index contributed by atoms with van der Waals surface area (Å²) in [6.07, 6.45) is 5.12. The van der Waals surface area contributed by atoms with Crippen LogP contribution in [0, 0.1) is 0 Å². The van der Waals surface area contributed by atoms with E-state index in [2.05, 4.69) is 10.6 Å². The first-order valence-electron chi connectivity index (χ1n) is 5.81. The second-order valence-electron chi connectivity index (χ2n) is 4.18. The van der Waals surface area contributed by atoms with Crippen molar-refractivity contribution in [2.75, 3.05) is 13.1 Å². The molecule has 1 atom stereocenters. The molecule has 1 unspecified atom stereocenters. The molecule has 4 nitrogen and oxygen atoms in total. The highest BCUT2D eigenvalue weighted by molar-refractivity contribution is 5.72. The topological polar surface area (TPSA) is 54.3 Å². The van der Waals surface area contributed by atoms with Crippen LogP contribution in [-0.4, -0.2) is 19.0 Å². The molecule has 1 amide bonds. The van der Waals surface area contributed by atoms with E-state index in [9.17, 15) is 4.79 Å². The van der Waals surface area contributed by atoms with Crippen LogP contribution in [0.1, 0.15) is 37.1 Å². The Balaban J connectivity index is 1.81. The van der Waals surface area contributed by atoms with E-state index in [0.29, 0.717) is 12.6 Å². The monoisotopic (exact) mass is 222 g/mol. The Hall–Kier alpha value is -1.29. The van der Waals surface area contributed by atoms with Crippen LogP contribution < -0.4 is 10.6 Å². The van der Waals surface area contributed by atoms with Crippen LogP contribution in [0.15, 0.2) is 16.7 Å². The largest absolute Gasteiger partial charge is 0.469 e. The average molecular weight is 222 g/mol. The smallest absolute Gasteiger partial charge is 0.216 e. The molecule has 2 rings (SSSR count). The number of furan rings is 1. The van der Waals surface area contributed by atoms with Crippen LogP contribution in [0.4, 0.5) is 0 Å². The van der Waals surface area contributed by atoms with Gasteiger partial charge in [0.25, 0.3) is 0 Å². The van der Waals surface area contributed by atoms with Gasteiger partial charge in [0, 0.05) is 38.0 Å². The van der Waals surface area contributed by atoms with Gasteiger partial charge in [0.1, 0.15) is 5.76 Å². The van der Waals surface area contributed by atoms with Gasteiger partial charge in [0.2, 0.25) is 5.91 Å². The van der Waals surface area contributed by atoms with Crippen molar-refractivity contribution in [2.24, 2.45) is 0 Å². The molecule has 0 aliphatic heterocycles. The summed E-state index contributed by atoms with van der Waals surface area (Å²) < 4.78 is 5.42. The molecule has 88 valence electrons. The molecule has 0 saturated heterocycles. The zero-order chi connectivity index (χ0) is 11.4. The molecule has 0 spiro atoms. The van der Waals surface area contributed by atoms with Gasteiger partial charge in [-0.05, 0) is 18.9 Å². The van der Waals surface area contributed by atoms with Crippen molar-refractivity contribution < 1.29 is 9.21 Å². The van der Waals surface area contributed by atoms with Gasteiger partial charge >= 0.3 is 0 Å². The van der Waals surface area contributed by atoms with E-state index >= 15 is 0 Å². The number of nitrogens with one attached hydrogen (secondary N) is 2. The minimum Gasteiger partial charge on any atom is -0.469 e. The lowest BCUT2D eigenvalue weighted by Gasteiger charge is -2.22. The maximum Gasteiger partial charge on any atom is 0.216 e. The SMILES string of the molecule is CC(=O)NCCNC1CCCc2occc21. The molecule has 0 radical (unpaired) electrons. The lowest BCUT2D eigenvalue weighted by atomic mass is 9.93. The predicted octanol–water partition coefficient (Wildman–Crippen LogP) is 1.38. The van der Waals surface area contributed by atoms with Gasteiger partial charge in [0.15, 0.2) is 0 Å². The van der Waals surface area contributed by atoms with E-state index in [1.165, 1.54) is 12.5 Å². The van der Waals surface area contributed by atoms with E-state index in [1.54, 1.807) is 6.26 Å². The van der Waals surface area contributed by atoms with Crippen molar-refractivity contribution in [3.8, 4) is 0 Å². The fourth-order valence-corrected chi connectivity index (χ4v) is 2.18. The highest BCUT2D eigenvalue weighted by atomic mass is 16.3. The zero-order valence-corrected chi connectivity index (χ0v) is 9.58. The van der Waals surface area contributed by atoms with E-state index < -0.39 is 0 Å². The third-order valence-corrected chi connectivity index (χ3v) is 2.94. The number of hydrogen-bond acceptors (Lipinski definition) is 3. The molecular weight excluding hydrogens is 204 g/mol. The van der Waals surface area contributed by atoms with Crippen molar-refractivity contribution in [2.45, 2.75) is 32.2 Å². The number of amides is 1. The van der Waals surface area contributed by atoms with Crippen molar-refractivity contribution in [3.63, 3.8) is 0 Å². The number of hydrogen-bond donors (Lipinski definition) is 2. The summed E-state index contributed by atoms with van der Waals surface area (Å²) in [7, 11) is 0. The van der Waals surface area contributed by atoms with Crippen molar-refractivity contribution in [1.29, 1.82) is 0 Å². The minimum atomic E-state index is 0.0226. The Kier molecular flexibility index (Phi) is 3.62. The van der Waals surface area contributed by atoms with Crippen molar-refractivity contribution in [3.05, 3.63) is 23.7 Å². The molecular formula is C12H18N2O2. The summed E-state index contributed by atoms with van der Waals surface area (Å²) in [5.74, 6) is 1.14. The quantitative estimate of drug-likeness (QED) is 0.757. The number of rotatable bonds is 4. The summed E-state index contributed by atoms with van der Waals surface area (Å²) in [6.45, 7) is 3.02. The van der Waals surface area contributed by atoms with Gasteiger partial charge in [0.05, 0.1) is 6.26 Å². The van der Waals surface area contributed by atoms with Crippen LogP contribution in [0.3, 0.4) is 0 Å². The van der Waals surface area contributed by atoms with Gasteiger partial charge in [-0.1, -0.05) is 0 Å². The van der Waals surface area contributed by atoms with Crippen LogP contribution in [0.25, 0.3) is 0 Å². The lowest BCUT2D eigenvalue weighted by Crippen LogP contribution is -2.33. The zero-order valence-electron chi connectivity index (χ0n) is 9.58. The molecule has 16 heavy (non-hydrogen) atoms. The Morgan fingerprint density at radius 3 is 3.25 bits per heavy atom. The summed E-state index contributed by atoms with van der Waals surface area (Å²) in [6, 6.07) is 2.43. The van der Waals surface area contributed by atoms with Gasteiger partial charge in [-0.3, -0.25) is 4.79 Å². The lowest BCUT2D eigenvalue weighted by molar-refractivity contribution is -0.118. The summed E-state index contributed by atoms with van der Waals surface area (Å²) in [4.78, 5) is 10.7. The molecule has 0 aromatic carbocycles. The summed E-state index contributed by atoms with van der Waals surface area (Å²) >= 11 is 0. The van der Waals surface area contributed by atoms with Gasteiger partial charge < -0.3 is 15.1 Å². The fraction of sp³-hybridized carbons (Fsp3) is 0.583. The number of aryl methyl sites for hydroxylation is 1. The van der Waals surface area contributed by atoms with E-state index in [-0.39, 0.29) is 5.91 Å². The standard InChI is InChI=1S/C12H18N2O2/c1-9(15)13-6-7-14-11-3-2-4-12-10(11)5-8-16-12/h5,8,11,14H,2-4,6-7H2,1H3,(H,13,15). The third kappa shape index (κ3) is 2.64. The third-order valence-electron chi connectivity index (χ3n) is 2.94. The van der Waals surface area contributed by atoms with E-state index in [0.717, 1.165) is 31.6 Å². The second-order valence-corrected chi connectivity index (χ2v) is 4.18. The van der Waals surface area contributed by atoms with Gasteiger partial charge in [-0.15, -0.1) is 0 Å². The van der Waals surface area contributed by atoms with E-state index in [1.807, 2.05) is 6.07 Å². The summed E-state index contributed by atoms with van der Waals surface area (Å²) in [5, 5.41) is 6.22. The molecule has 1 aromatic rings. The second kappa shape index (κ2) is 5.16. The highest BCUT2D eigenvalue weighted by Gasteiger charge is 2.21. The molecule has 1 aliphatic carbocycles. The van der Waals surface area contributed by atoms with Crippen molar-refractivity contribution >= 4 is 5.91 Å². The normalized spacial score (nSPS) is 19.2. The van der Waals surface area contributed by atoms with Crippen LogP contribution in [0.5, 0.6) is 0 Å². The van der Waals surface area contributed by atoms with Crippen molar-refractivity contribution in [1.82, 2.24) is 10.6 Å². The molecule has 0 bridgehead atoms. The number of carbonyl (C=O) groups excluding carboxylic acids is 1. The average Bonchev–Trinajstić information content (AvgIpc) is 2.72.